The third kappa shape index (κ3) is 5.43. The van der Waals surface area contributed by atoms with E-state index in [-0.39, 0.29) is 0 Å². The van der Waals surface area contributed by atoms with Gasteiger partial charge in [-0.05, 0) is 93.9 Å². The van der Waals surface area contributed by atoms with E-state index in [0.717, 1.165) is 57.6 Å². The molecule has 210 valence electrons. The topological polar surface area (TPSA) is 98.7 Å². The number of methoxy groups -OCH3 is 1. The third-order valence-electron chi connectivity index (χ3n) is 7.98. The minimum atomic E-state index is -0.971. The number of thiophene rings is 1. The number of aliphatic hydroxyl groups is 1. The molecule has 4 aromatic rings. The number of nitrogens with one attached hydrogen (secondary N) is 2. The second-order valence-electron chi connectivity index (χ2n) is 11.2. The molecule has 3 N–H and O–H groups in total. The first kappa shape index (κ1) is 26.7. The van der Waals surface area contributed by atoms with Crippen LogP contribution in [0.4, 0.5) is 29.0 Å². The summed E-state index contributed by atoms with van der Waals surface area (Å²) >= 11 is 1.58. The molecule has 1 aromatic carbocycles. The van der Waals surface area contributed by atoms with Crippen LogP contribution in [0.3, 0.4) is 0 Å². The van der Waals surface area contributed by atoms with Gasteiger partial charge in [0.05, 0.1) is 23.8 Å². The predicted octanol–water partition coefficient (Wildman–Crippen LogP) is 5.79. The summed E-state index contributed by atoms with van der Waals surface area (Å²) in [5.74, 6) is 2.60. The summed E-state index contributed by atoms with van der Waals surface area (Å²) in [6.45, 7) is 10.2. The van der Waals surface area contributed by atoms with Crippen LogP contribution in [0.25, 0.3) is 10.2 Å². The van der Waals surface area contributed by atoms with E-state index >= 15 is 0 Å². The van der Waals surface area contributed by atoms with E-state index in [2.05, 4.69) is 49.9 Å². The summed E-state index contributed by atoms with van der Waals surface area (Å²) in [6, 6.07) is 10.6. The number of aromatic nitrogens is 3. The van der Waals surface area contributed by atoms with Gasteiger partial charge in [-0.2, -0.15) is 4.98 Å². The highest BCUT2D eigenvalue weighted by atomic mass is 32.1. The van der Waals surface area contributed by atoms with Crippen LogP contribution in [0.1, 0.15) is 44.2 Å². The Hall–Kier alpha value is -3.47. The molecule has 0 saturated carbocycles. The molecule has 2 fully saturated rings. The van der Waals surface area contributed by atoms with Crippen molar-refractivity contribution in [3.63, 3.8) is 0 Å². The number of likely N-dealkylation sites (tertiary alicyclic amines) is 1. The monoisotopic (exact) mass is 559 g/mol. The van der Waals surface area contributed by atoms with Crippen molar-refractivity contribution >= 4 is 50.5 Å². The van der Waals surface area contributed by atoms with E-state index in [1.165, 1.54) is 32.4 Å². The van der Waals surface area contributed by atoms with Crippen molar-refractivity contribution in [2.75, 3.05) is 48.8 Å². The first-order chi connectivity index (χ1) is 19.3. The van der Waals surface area contributed by atoms with Crippen molar-refractivity contribution < 1.29 is 9.84 Å². The minimum absolute atomic E-state index is 0.487. The molecule has 0 radical (unpaired) electrons. The largest absolute Gasteiger partial charge is 0.495 e. The van der Waals surface area contributed by atoms with E-state index in [0.29, 0.717) is 17.6 Å². The second kappa shape index (κ2) is 10.8. The Kier molecular flexibility index (Phi) is 7.24. The van der Waals surface area contributed by atoms with Crippen LogP contribution < -0.4 is 20.3 Å². The molecule has 6 rings (SSSR count). The van der Waals surface area contributed by atoms with Crippen molar-refractivity contribution in [1.82, 2.24) is 19.9 Å². The van der Waals surface area contributed by atoms with Crippen molar-refractivity contribution in [2.45, 2.75) is 51.7 Å². The van der Waals surface area contributed by atoms with Gasteiger partial charge in [-0.25, -0.2) is 9.97 Å². The lowest BCUT2D eigenvalue weighted by Crippen LogP contribution is -2.50. The van der Waals surface area contributed by atoms with Crippen molar-refractivity contribution in [3.8, 4) is 5.75 Å². The minimum Gasteiger partial charge on any atom is -0.495 e. The quantitative estimate of drug-likeness (QED) is 0.248. The van der Waals surface area contributed by atoms with Crippen LogP contribution in [-0.4, -0.2) is 64.3 Å². The predicted molar refractivity (Wildman–Crippen MR) is 163 cm³/mol. The number of hydrogen-bond acceptors (Lipinski definition) is 10. The van der Waals surface area contributed by atoms with Gasteiger partial charge < -0.3 is 30.3 Å². The van der Waals surface area contributed by atoms with E-state index < -0.39 is 5.60 Å². The zero-order valence-corrected chi connectivity index (χ0v) is 24.4. The summed E-state index contributed by atoms with van der Waals surface area (Å²) in [4.78, 5) is 20.0. The lowest BCUT2D eigenvalue weighted by Gasteiger charge is -2.43. The first-order valence-corrected chi connectivity index (χ1v) is 14.8. The standard InChI is InChI=1S/C30H37N7O2S/c1-19-18-40-28-26(19)27(33-25-16-20(8-11-31-25)30(2,3)38)34-29(35-28)32-21-6-7-23(24(17-21)39-4)37-14-9-22(10-15-37)36-12-5-13-36/h6-8,11,16-18,22,38H,5,9-10,12-15H2,1-4H3,(H2,31,32,33,34,35). The molecule has 3 aromatic heterocycles. The van der Waals surface area contributed by atoms with Gasteiger partial charge in [0.2, 0.25) is 5.95 Å². The van der Waals surface area contributed by atoms with Crippen molar-refractivity contribution in [3.05, 3.63) is 53.0 Å². The first-order valence-electron chi connectivity index (χ1n) is 13.9. The molecular weight excluding hydrogens is 522 g/mol. The fraction of sp³-hybridized carbons (Fsp3) is 0.433. The molecule has 0 unspecified atom stereocenters. The lowest BCUT2D eigenvalue weighted by molar-refractivity contribution is 0.0785. The maximum absolute atomic E-state index is 10.5. The highest BCUT2D eigenvalue weighted by Gasteiger charge is 2.29. The van der Waals surface area contributed by atoms with E-state index in [9.17, 15) is 5.11 Å². The van der Waals surface area contributed by atoms with Crippen LogP contribution in [0.15, 0.2) is 41.9 Å². The molecule has 0 amide bonds. The lowest BCUT2D eigenvalue weighted by atomic mass is 9.99. The van der Waals surface area contributed by atoms with Crippen molar-refractivity contribution in [1.29, 1.82) is 0 Å². The Morgan fingerprint density at radius 2 is 1.85 bits per heavy atom. The SMILES string of the molecule is COc1cc(Nc2nc(Nc3cc(C(C)(C)O)ccn3)c3c(C)csc3n2)ccc1N1CCC(N2CCC2)CC1. The maximum atomic E-state index is 10.5. The molecule has 0 atom stereocenters. The third-order valence-corrected chi connectivity index (χ3v) is 8.97. The number of aryl methyl sites for hydroxylation is 1. The molecule has 40 heavy (non-hydrogen) atoms. The van der Waals surface area contributed by atoms with E-state index in [1.807, 2.05) is 18.2 Å². The number of rotatable bonds is 8. The Morgan fingerprint density at radius 3 is 2.55 bits per heavy atom. The highest BCUT2D eigenvalue weighted by Crippen LogP contribution is 2.36. The van der Waals surface area contributed by atoms with Gasteiger partial charge in [0.1, 0.15) is 22.2 Å². The van der Waals surface area contributed by atoms with Crippen molar-refractivity contribution in [2.24, 2.45) is 0 Å². The van der Waals surface area contributed by atoms with Crippen LogP contribution in [0.2, 0.25) is 0 Å². The highest BCUT2D eigenvalue weighted by molar-refractivity contribution is 7.17. The summed E-state index contributed by atoms with van der Waals surface area (Å²) in [5, 5.41) is 20.3. The summed E-state index contributed by atoms with van der Waals surface area (Å²) < 4.78 is 5.83. The van der Waals surface area contributed by atoms with Crippen LogP contribution in [0.5, 0.6) is 5.75 Å². The molecular formula is C30H37N7O2S. The van der Waals surface area contributed by atoms with E-state index in [4.69, 9.17) is 14.7 Å². The number of piperidine rings is 1. The van der Waals surface area contributed by atoms with Gasteiger partial charge in [0.25, 0.3) is 0 Å². The fourth-order valence-corrected chi connectivity index (χ4v) is 6.48. The molecule has 2 aliphatic rings. The molecule has 0 bridgehead atoms. The van der Waals surface area contributed by atoms with Gasteiger partial charge in [-0.3, -0.25) is 0 Å². The fourth-order valence-electron chi connectivity index (χ4n) is 5.55. The van der Waals surface area contributed by atoms with Gasteiger partial charge in [-0.15, -0.1) is 11.3 Å². The van der Waals surface area contributed by atoms with Crippen LogP contribution in [0, 0.1) is 6.92 Å². The number of nitrogens with zero attached hydrogens (tertiary/aromatic N) is 5. The van der Waals surface area contributed by atoms with Gasteiger partial charge in [0, 0.05) is 37.1 Å². The average Bonchev–Trinajstić information content (AvgIpc) is 3.28. The normalized spacial score (nSPS) is 16.7. The molecule has 9 nitrogen and oxygen atoms in total. The Bertz CT molecular complexity index is 1500. The number of pyridine rings is 1. The molecule has 5 heterocycles. The summed E-state index contributed by atoms with van der Waals surface area (Å²) in [6.07, 6.45) is 5.42. The molecule has 0 spiro atoms. The average molecular weight is 560 g/mol. The smallest absolute Gasteiger partial charge is 0.230 e. The van der Waals surface area contributed by atoms with Crippen LogP contribution >= 0.6 is 11.3 Å². The Labute approximate surface area is 239 Å². The number of fused-ring (bicyclic) bond motifs is 1. The van der Waals surface area contributed by atoms with Gasteiger partial charge >= 0.3 is 0 Å². The second-order valence-corrected chi connectivity index (χ2v) is 12.1. The molecule has 2 aliphatic heterocycles. The zero-order chi connectivity index (χ0) is 27.9. The zero-order valence-electron chi connectivity index (χ0n) is 23.6. The van der Waals surface area contributed by atoms with Gasteiger partial charge in [-0.1, -0.05) is 0 Å². The van der Waals surface area contributed by atoms with Gasteiger partial charge in [0.15, 0.2) is 0 Å². The Morgan fingerprint density at radius 1 is 1.05 bits per heavy atom. The molecule has 0 aliphatic carbocycles. The summed E-state index contributed by atoms with van der Waals surface area (Å²) in [5.41, 5.74) is 2.88. The Balaban J connectivity index is 1.24. The maximum Gasteiger partial charge on any atom is 0.230 e. The number of hydrogen-bond donors (Lipinski definition) is 3. The number of anilines is 5. The van der Waals surface area contributed by atoms with E-state index in [1.54, 1.807) is 38.5 Å². The molecule has 2 saturated heterocycles. The summed E-state index contributed by atoms with van der Waals surface area (Å²) in [7, 11) is 1.73. The number of benzene rings is 1. The number of ether oxygens (including phenoxy) is 1. The molecule has 10 heteroatoms. The van der Waals surface area contributed by atoms with Crippen LogP contribution in [-0.2, 0) is 5.60 Å².